The third kappa shape index (κ3) is 3.38. The molecular formula is C23H21N3O2S. The molecule has 2 aliphatic heterocycles. The Morgan fingerprint density at radius 3 is 2.83 bits per heavy atom. The fourth-order valence-corrected chi connectivity index (χ4v) is 5.65. The maximum Gasteiger partial charge on any atom is 0.255 e. The van der Waals surface area contributed by atoms with Crippen molar-refractivity contribution in [1.82, 2.24) is 5.32 Å². The average molecular weight is 404 g/mol. The van der Waals surface area contributed by atoms with Gasteiger partial charge >= 0.3 is 0 Å². The van der Waals surface area contributed by atoms with Gasteiger partial charge in [0.2, 0.25) is 5.91 Å². The van der Waals surface area contributed by atoms with E-state index in [4.69, 9.17) is 4.99 Å². The number of aryl methyl sites for hydroxylation is 1. The number of anilines is 1. The van der Waals surface area contributed by atoms with Gasteiger partial charge in [0.25, 0.3) is 5.91 Å². The van der Waals surface area contributed by atoms with Crippen LogP contribution in [0.5, 0.6) is 0 Å². The molecule has 0 saturated heterocycles. The van der Waals surface area contributed by atoms with Gasteiger partial charge in [0, 0.05) is 16.8 Å². The molecule has 0 bridgehead atoms. The first-order chi connectivity index (χ1) is 14.1. The summed E-state index contributed by atoms with van der Waals surface area (Å²) in [7, 11) is 0. The zero-order valence-electron chi connectivity index (χ0n) is 16.1. The Morgan fingerprint density at radius 2 is 2.00 bits per heavy atom. The third-order valence-corrected chi connectivity index (χ3v) is 6.99. The predicted molar refractivity (Wildman–Crippen MR) is 116 cm³/mol. The summed E-state index contributed by atoms with van der Waals surface area (Å²) in [5.41, 5.74) is 4.48. The second-order valence-corrected chi connectivity index (χ2v) is 8.87. The molecule has 2 heterocycles. The fraction of sp³-hybridized carbons (Fsp3) is 0.261. The van der Waals surface area contributed by atoms with Crippen molar-refractivity contribution in [1.29, 1.82) is 0 Å². The van der Waals surface area contributed by atoms with Crippen molar-refractivity contribution in [2.45, 2.75) is 31.6 Å². The zero-order chi connectivity index (χ0) is 20.0. The summed E-state index contributed by atoms with van der Waals surface area (Å²) in [6.45, 7) is 1.99. The van der Waals surface area contributed by atoms with Gasteiger partial charge in [-0.05, 0) is 60.9 Å². The first-order valence-electron chi connectivity index (χ1n) is 9.84. The number of thioether (sulfide) groups is 1. The Morgan fingerprint density at radius 1 is 1.17 bits per heavy atom. The molecule has 3 aliphatic rings. The van der Waals surface area contributed by atoms with Crippen molar-refractivity contribution >= 4 is 35.1 Å². The molecule has 0 spiro atoms. The molecule has 2 N–H and O–H groups in total. The van der Waals surface area contributed by atoms with E-state index in [1.165, 1.54) is 10.5 Å². The largest absolute Gasteiger partial charge is 0.322 e. The second kappa shape index (κ2) is 7.19. The second-order valence-electron chi connectivity index (χ2n) is 7.66. The van der Waals surface area contributed by atoms with Crippen LogP contribution in [0.25, 0.3) is 0 Å². The first-order valence-corrected chi connectivity index (χ1v) is 10.7. The van der Waals surface area contributed by atoms with Crippen LogP contribution in [-0.2, 0) is 4.79 Å². The van der Waals surface area contributed by atoms with E-state index in [-0.39, 0.29) is 23.1 Å². The highest BCUT2D eigenvalue weighted by molar-refractivity contribution is 8.04. The van der Waals surface area contributed by atoms with Crippen LogP contribution in [0.1, 0.15) is 40.7 Å². The summed E-state index contributed by atoms with van der Waals surface area (Å²) in [6, 6.07) is 14.9. The highest BCUT2D eigenvalue weighted by atomic mass is 32.2. The minimum absolute atomic E-state index is 0.0356. The lowest BCUT2D eigenvalue weighted by molar-refractivity contribution is -0.122. The van der Waals surface area contributed by atoms with E-state index in [0.29, 0.717) is 17.1 Å². The maximum absolute atomic E-state index is 12.8. The molecule has 5 rings (SSSR count). The van der Waals surface area contributed by atoms with Crippen LogP contribution >= 0.6 is 11.8 Å². The van der Waals surface area contributed by atoms with Crippen molar-refractivity contribution in [2.75, 3.05) is 5.32 Å². The molecule has 0 aromatic heterocycles. The van der Waals surface area contributed by atoms with Gasteiger partial charge < -0.3 is 10.6 Å². The van der Waals surface area contributed by atoms with Gasteiger partial charge in [-0.15, -0.1) is 11.8 Å². The fourth-order valence-electron chi connectivity index (χ4n) is 4.13. The van der Waals surface area contributed by atoms with Gasteiger partial charge in [-0.2, -0.15) is 0 Å². The van der Waals surface area contributed by atoms with E-state index < -0.39 is 0 Å². The molecule has 146 valence electrons. The van der Waals surface area contributed by atoms with Crippen molar-refractivity contribution in [3.63, 3.8) is 0 Å². The number of aliphatic imine (C=N–C) groups is 1. The Balaban J connectivity index is 1.36. The van der Waals surface area contributed by atoms with Crippen LogP contribution in [0.4, 0.5) is 5.69 Å². The summed E-state index contributed by atoms with van der Waals surface area (Å²) in [5.74, 6) is 0.333. The number of benzene rings is 2. The quantitative estimate of drug-likeness (QED) is 0.805. The highest BCUT2D eigenvalue weighted by Crippen LogP contribution is 2.51. The molecule has 29 heavy (non-hydrogen) atoms. The van der Waals surface area contributed by atoms with Crippen LogP contribution in [0.3, 0.4) is 0 Å². The lowest BCUT2D eigenvalue weighted by Crippen LogP contribution is -2.44. The molecule has 0 radical (unpaired) electrons. The number of hydrogen-bond donors (Lipinski definition) is 2. The summed E-state index contributed by atoms with van der Waals surface area (Å²) in [6.07, 6.45) is 3.24. The van der Waals surface area contributed by atoms with Crippen LogP contribution in [0.15, 0.2) is 64.0 Å². The molecule has 0 fully saturated rings. The molecule has 5 nitrogen and oxygen atoms in total. The minimum Gasteiger partial charge on any atom is -0.322 e. The number of fused-ring (bicyclic) bond motifs is 2. The standard InChI is InChI=1S/C23H21N3O2S/c1-13-8-10-14(11-9-13)21(27)24-16-5-2-4-15(12-16)20-25-22(28)19-17-6-3-7-18(17)29-23(19)26-20/h2,4-5,8-12,19,23H,3,6-7H2,1H3,(H,24,27)(H,25,26,28). The monoisotopic (exact) mass is 403 g/mol. The van der Waals surface area contributed by atoms with Crippen molar-refractivity contribution in [3.05, 3.63) is 75.7 Å². The van der Waals surface area contributed by atoms with Crippen molar-refractivity contribution in [3.8, 4) is 0 Å². The van der Waals surface area contributed by atoms with Crippen molar-refractivity contribution in [2.24, 2.45) is 10.9 Å². The van der Waals surface area contributed by atoms with Gasteiger partial charge in [-0.25, -0.2) is 0 Å². The third-order valence-electron chi connectivity index (χ3n) is 5.62. The zero-order valence-corrected chi connectivity index (χ0v) is 16.9. The Kier molecular flexibility index (Phi) is 4.51. The Hall–Kier alpha value is -2.86. The summed E-state index contributed by atoms with van der Waals surface area (Å²) in [4.78, 5) is 31.5. The SMILES string of the molecule is Cc1ccc(C(=O)Nc2cccc(C3=NC4SC5=C(CCC5)C4C(=O)N3)c2)cc1. The Labute approximate surface area is 173 Å². The number of amides is 2. The van der Waals surface area contributed by atoms with Gasteiger partial charge in [0.05, 0.1) is 5.92 Å². The molecular weight excluding hydrogens is 382 g/mol. The predicted octanol–water partition coefficient (Wildman–Crippen LogP) is 4.25. The van der Waals surface area contributed by atoms with Gasteiger partial charge in [0.1, 0.15) is 11.2 Å². The number of carbonyl (C=O) groups is 2. The number of nitrogens with one attached hydrogen (secondary N) is 2. The first kappa shape index (κ1) is 18.2. The lowest BCUT2D eigenvalue weighted by atomic mass is 9.95. The number of carbonyl (C=O) groups excluding carboxylic acids is 2. The van der Waals surface area contributed by atoms with Gasteiger partial charge in [-0.1, -0.05) is 29.8 Å². The minimum atomic E-state index is -0.163. The lowest BCUT2D eigenvalue weighted by Gasteiger charge is -2.25. The number of hydrogen-bond acceptors (Lipinski definition) is 4. The van der Waals surface area contributed by atoms with E-state index in [0.717, 1.165) is 30.4 Å². The molecule has 6 heteroatoms. The summed E-state index contributed by atoms with van der Waals surface area (Å²) < 4.78 is 0. The van der Waals surface area contributed by atoms with Crippen LogP contribution in [0, 0.1) is 12.8 Å². The van der Waals surface area contributed by atoms with Crippen LogP contribution < -0.4 is 10.6 Å². The molecule has 2 atom stereocenters. The van der Waals surface area contributed by atoms with Gasteiger partial charge in [0.15, 0.2) is 0 Å². The Bertz CT molecular complexity index is 1070. The van der Waals surface area contributed by atoms with E-state index in [9.17, 15) is 9.59 Å². The normalized spacial score (nSPS) is 22.7. The average Bonchev–Trinajstić information content (AvgIpc) is 3.29. The van der Waals surface area contributed by atoms with Gasteiger partial charge in [-0.3, -0.25) is 14.6 Å². The van der Waals surface area contributed by atoms with E-state index in [1.54, 1.807) is 11.8 Å². The molecule has 2 amide bonds. The number of rotatable bonds is 3. The summed E-state index contributed by atoms with van der Waals surface area (Å²) in [5, 5.41) is 5.85. The number of amidine groups is 1. The smallest absolute Gasteiger partial charge is 0.255 e. The van der Waals surface area contributed by atoms with Crippen LogP contribution in [-0.4, -0.2) is 23.0 Å². The number of nitrogens with zero attached hydrogens (tertiary/aromatic N) is 1. The molecule has 2 aromatic rings. The molecule has 2 unspecified atom stereocenters. The molecule has 0 saturated carbocycles. The highest BCUT2D eigenvalue weighted by Gasteiger charge is 2.44. The van der Waals surface area contributed by atoms with E-state index in [2.05, 4.69) is 10.6 Å². The number of allylic oxidation sites excluding steroid dienone is 1. The summed E-state index contributed by atoms with van der Waals surface area (Å²) >= 11 is 1.74. The molecule has 1 aliphatic carbocycles. The van der Waals surface area contributed by atoms with Crippen LogP contribution in [0.2, 0.25) is 0 Å². The van der Waals surface area contributed by atoms with Crippen molar-refractivity contribution < 1.29 is 9.59 Å². The topological polar surface area (TPSA) is 70.6 Å². The van der Waals surface area contributed by atoms with E-state index in [1.807, 2.05) is 55.5 Å². The molecule has 2 aromatic carbocycles. The van der Waals surface area contributed by atoms with E-state index >= 15 is 0 Å². The maximum atomic E-state index is 12.8.